The van der Waals surface area contributed by atoms with Gasteiger partial charge in [0.1, 0.15) is 11.6 Å². The molecule has 0 aromatic heterocycles. The van der Waals surface area contributed by atoms with Crippen LogP contribution in [-0.4, -0.2) is 25.5 Å². The number of carbonyl (C=O) groups is 2. The van der Waals surface area contributed by atoms with Crippen LogP contribution in [0.4, 0.5) is 10.1 Å². The number of methoxy groups -OCH3 is 1. The highest BCUT2D eigenvalue weighted by Gasteiger charge is 2.35. The van der Waals surface area contributed by atoms with Crippen molar-refractivity contribution in [3.8, 4) is 5.75 Å². The predicted molar refractivity (Wildman–Crippen MR) is 96.7 cm³/mol. The molecule has 2 amide bonds. The fraction of sp³-hybridized carbons (Fsp3) is 0.263. The Balaban J connectivity index is 1.64. The van der Waals surface area contributed by atoms with Gasteiger partial charge in [-0.25, -0.2) is 4.39 Å². The molecule has 0 aliphatic carbocycles. The van der Waals surface area contributed by atoms with E-state index in [9.17, 15) is 14.0 Å². The third-order valence-corrected chi connectivity index (χ3v) is 4.65. The largest absolute Gasteiger partial charge is 0.496 e. The van der Waals surface area contributed by atoms with E-state index in [1.165, 1.54) is 23.1 Å². The summed E-state index contributed by atoms with van der Waals surface area (Å²) in [4.78, 5) is 26.2. The number of para-hydroxylation sites is 1. The number of ether oxygens (including phenoxy) is 1. The number of amides is 2. The van der Waals surface area contributed by atoms with E-state index < -0.39 is 11.7 Å². The number of rotatable bonds is 5. The highest BCUT2D eigenvalue weighted by molar-refractivity contribution is 6.31. The summed E-state index contributed by atoms with van der Waals surface area (Å²) in [5.41, 5.74) is 1.34. The summed E-state index contributed by atoms with van der Waals surface area (Å²) in [6, 6.07) is 11.5. The minimum absolute atomic E-state index is 0.0561. The van der Waals surface area contributed by atoms with Crippen LogP contribution < -0.4 is 15.0 Å². The summed E-state index contributed by atoms with van der Waals surface area (Å²) in [5, 5.41) is 2.79. The number of nitrogens with one attached hydrogen (secondary N) is 1. The molecule has 1 aliphatic rings. The molecule has 0 radical (unpaired) electrons. The average Bonchev–Trinajstić information content (AvgIpc) is 3.04. The third-order valence-electron chi connectivity index (χ3n) is 4.36. The fourth-order valence-corrected chi connectivity index (χ4v) is 3.14. The van der Waals surface area contributed by atoms with Crippen LogP contribution in [0.25, 0.3) is 0 Å². The van der Waals surface area contributed by atoms with Gasteiger partial charge >= 0.3 is 0 Å². The van der Waals surface area contributed by atoms with Gasteiger partial charge in [-0.05, 0) is 24.3 Å². The van der Waals surface area contributed by atoms with Crippen molar-refractivity contribution in [1.29, 1.82) is 0 Å². The summed E-state index contributed by atoms with van der Waals surface area (Å²) in [7, 11) is 1.57. The fourth-order valence-electron chi connectivity index (χ4n) is 2.96. The van der Waals surface area contributed by atoms with E-state index in [2.05, 4.69) is 5.32 Å². The van der Waals surface area contributed by atoms with Crippen molar-refractivity contribution in [2.75, 3.05) is 18.6 Å². The number of carbonyl (C=O) groups excluding carboxylic acids is 2. The van der Waals surface area contributed by atoms with E-state index in [0.29, 0.717) is 18.0 Å². The molecule has 1 heterocycles. The highest BCUT2D eigenvalue weighted by atomic mass is 35.5. The molecule has 0 saturated carbocycles. The molecular formula is C19H18ClFN2O3. The van der Waals surface area contributed by atoms with E-state index >= 15 is 0 Å². The molecule has 5 nitrogen and oxygen atoms in total. The van der Waals surface area contributed by atoms with Gasteiger partial charge in [-0.2, -0.15) is 0 Å². The quantitative estimate of drug-likeness (QED) is 0.872. The summed E-state index contributed by atoms with van der Waals surface area (Å²) < 4.78 is 18.6. The molecule has 1 aliphatic heterocycles. The first kappa shape index (κ1) is 18.2. The number of benzene rings is 2. The zero-order chi connectivity index (χ0) is 18.7. The topological polar surface area (TPSA) is 58.6 Å². The smallest absolute Gasteiger partial charge is 0.227 e. The van der Waals surface area contributed by atoms with Crippen LogP contribution in [0.5, 0.6) is 5.75 Å². The Labute approximate surface area is 155 Å². The lowest BCUT2D eigenvalue weighted by molar-refractivity contribution is -0.126. The zero-order valence-electron chi connectivity index (χ0n) is 14.2. The van der Waals surface area contributed by atoms with Gasteiger partial charge in [0.2, 0.25) is 11.8 Å². The first-order valence-corrected chi connectivity index (χ1v) is 8.52. The van der Waals surface area contributed by atoms with Crippen molar-refractivity contribution < 1.29 is 18.7 Å². The molecule has 1 unspecified atom stereocenters. The second-order valence-electron chi connectivity index (χ2n) is 6.03. The lowest BCUT2D eigenvalue weighted by atomic mass is 10.1. The maximum atomic E-state index is 13.3. The van der Waals surface area contributed by atoms with Crippen LogP contribution >= 0.6 is 11.6 Å². The van der Waals surface area contributed by atoms with Gasteiger partial charge in [0.15, 0.2) is 0 Å². The van der Waals surface area contributed by atoms with E-state index in [-0.39, 0.29) is 29.8 Å². The molecule has 2 aromatic carbocycles. The van der Waals surface area contributed by atoms with E-state index in [4.69, 9.17) is 16.3 Å². The van der Waals surface area contributed by atoms with Gasteiger partial charge in [-0.3, -0.25) is 9.59 Å². The standard InChI is InChI=1S/C19H18ClFN2O3/c1-26-17-5-3-2-4-12(17)10-22-19(25)13-8-18(24)23(11-13)14-6-7-16(21)15(20)9-14/h2-7,9,13H,8,10-11H2,1H3,(H,22,25). The molecule has 7 heteroatoms. The monoisotopic (exact) mass is 376 g/mol. The molecule has 3 rings (SSSR count). The highest BCUT2D eigenvalue weighted by Crippen LogP contribution is 2.28. The predicted octanol–water partition coefficient (Wildman–Crippen LogP) is 3.16. The molecule has 2 aromatic rings. The van der Waals surface area contributed by atoms with E-state index in [1.807, 2.05) is 24.3 Å². The molecular weight excluding hydrogens is 359 g/mol. The van der Waals surface area contributed by atoms with Crippen LogP contribution in [0.1, 0.15) is 12.0 Å². The summed E-state index contributed by atoms with van der Waals surface area (Å²) in [5.74, 6) is -0.725. The second-order valence-corrected chi connectivity index (χ2v) is 6.44. The third kappa shape index (κ3) is 3.80. The first-order chi connectivity index (χ1) is 12.5. The Morgan fingerprint density at radius 1 is 1.35 bits per heavy atom. The van der Waals surface area contributed by atoms with Gasteiger partial charge in [-0.1, -0.05) is 29.8 Å². The molecule has 136 valence electrons. The van der Waals surface area contributed by atoms with Crippen molar-refractivity contribution in [1.82, 2.24) is 5.32 Å². The van der Waals surface area contributed by atoms with Gasteiger partial charge < -0.3 is 15.0 Å². The van der Waals surface area contributed by atoms with Crippen LogP contribution in [-0.2, 0) is 16.1 Å². The molecule has 26 heavy (non-hydrogen) atoms. The van der Waals surface area contributed by atoms with Crippen molar-refractivity contribution >= 4 is 29.1 Å². The van der Waals surface area contributed by atoms with Gasteiger partial charge in [-0.15, -0.1) is 0 Å². The second kappa shape index (κ2) is 7.74. The number of halogens is 2. The Morgan fingerprint density at radius 3 is 2.85 bits per heavy atom. The minimum Gasteiger partial charge on any atom is -0.496 e. The maximum absolute atomic E-state index is 13.3. The van der Waals surface area contributed by atoms with Gasteiger partial charge in [0.05, 0.1) is 18.1 Å². The maximum Gasteiger partial charge on any atom is 0.227 e. The van der Waals surface area contributed by atoms with Crippen molar-refractivity contribution in [3.63, 3.8) is 0 Å². The minimum atomic E-state index is -0.548. The Bertz CT molecular complexity index is 843. The van der Waals surface area contributed by atoms with Gasteiger partial charge in [0.25, 0.3) is 0 Å². The molecule has 1 N–H and O–H groups in total. The van der Waals surface area contributed by atoms with E-state index in [0.717, 1.165) is 5.56 Å². The zero-order valence-corrected chi connectivity index (χ0v) is 14.9. The first-order valence-electron chi connectivity index (χ1n) is 8.14. The lowest BCUT2D eigenvalue weighted by Crippen LogP contribution is -2.32. The number of anilines is 1. The number of nitrogens with zero attached hydrogens (tertiary/aromatic N) is 1. The number of hydrogen-bond donors (Lipinski definition) is 1. The SMILES string of the molecule is COc1ccccc1CNC(=O)C1CC(=O)N(c2ccc(F)c(Cl)c2)C1. The molecule has 0 spiro atoms. The summed E-state index contributed by atoms with van der Waals surface area (Å²) in [6.45, 7) is 0.550. The van der Waals surface area contributed by atoms with Crippen LogP contribution in [0, 0.1) is 11.7 Å². The molecule has 1 saturated heterocycles. The molecule has 1 fully saturated rings. The van der Waals surface area contributed by atoms with Crippen LogP contribution in [0.2, 0.25) is 5.02 Å². The summed E-state index contributed by atoms with van der Waals surface area (Å²) in [6.07, 6.45) is 0.104. The summed E-state index contributed by atoms with van der Waals surface area (Å²) >= 11 is 5.78. The van der Waals surface area contributed by atoms with Crippen molar-refractivity contribution in [2.24, 2.45) is 5.92 Å². The molecule has 1 atom stereocenters. The van der Waals surface area contributed by atoms with Crippen molar-refractivity contribution in [2.45, 2.75) is 13.0 Å². The van der Waals surface area contributed by atoms with E-state index in [1.54, 1.807) is 7.11 Å². The normalized spacial score (nSPS) is 16.7. The van der Waals surface area contributed by atoms with Crippen molar-refractivity contribution in [3.05, 3.63) is 58.9 Å². The Hall–Kier alpha value is -2.60. The number of hydrogen-bond acceptors (Lipinski definition) is 3. The van der Waals surface area contributed by atoms with Gasteiger partial charge in [0, 0.05) is 30.8 Å². The van der Waals surface area contributed by atoms with Crippen LogP contribution in [0.15, 0.2) is 42.5 Å². The van der Waals surface area contributed by atoms with Crippen LogP contribution in [0.3, 0.4) is 0 Å². The molecule has 0 bridgehead atoms. The lowest BCUT2D eigenvalue weighted by Gasteiger charge is -2.17. The average molecular weight is 377 g/mol. The Kier molecular flexibility index (Phi) is 5.42. The Morgan fingerprint density at radius 2 is 2.12 bits per heavy atom.